The first-order chi connectivity index (χ1) is 13.7. The predicted octanol–water partition coefficient (Wildman–Crippen LogP) is 3.22. The second-order valence-electron chi connectivity index (χ2n) is 7.85. The summed E-state index contributed by atoms with van der Waals surface area (Å²) in [5, 5.41) is 3.05. The lowest BCUT2D eigenvalue weighted by molar-refractivity contribution is -0.116. The number of likely N-dealkylation sites (N-methyl/N-ethyl adjacent to an activating group) is 1. The average Bonchev–Trinajstić information content (AvgIpc) is 2.73. The van der Waals surface area contributed by atoms with Crippen LogP contribution >= 0.6 is 0 Å². The molecule has 1 N–H and O–H groups in total. The zero-order valence-electron chi connectivity index (χ0n) is 16.7. The summed E-state index contributed by atoms with van der Waals surface area (Å²) in [5.74, 6) is 0.0791. The molecule has 1 saturated heterocycles. The fourth-order valence-corrected chi connectivity index (χ4v) is 4.12. The Bertz CT molecular complexity index is 797. The molecule has 2 heterocycles. The number of carbonyl (C=O) groups excluding carboxylic acids is 1. The Hall–Kier alpha value is -2.53. The predicted molar refractivity (Wildman–Crippen MR) is 116 cm³/mol. The van der Waals surface area contributed by atoms with E-state index in [0.29, 0.717) is 6.42 Å². The monoisotopic (exact) mass is 378 g/mol. The topological polar surface area (TPSA) is 38.8 Å². The van der Waals surface area contributed by atoms with Crippen molar-refractivity contribution in [2.75, 3.05) is 61.4 Å². The van der Waals surface area contributed by atoms with Gasteiger partial charge in [0.15, 0.2) is 0 Å². The Balaban J connectivity index is 1.29. The van der Waals surface area contributed by atoms with Crippen LogP contribution in [0.4, 0.5) is 17.1 Å². The van der Waals surface area contributed by atoms with Gasteiger partial charge in [-0.2, -0.15) is 0 Å². The van der Waals surface area contributed by atoms with Gasteiger partial charge in [-0.1, -0.05) is 18.2 Å². The van der Waals surface area contributed by atoms with Crippen LogP contribution in [0.2, 0.25) is 0 Å². The van der Waals surface area contributed by atoms with Crippen molar-refractivity contribution in [3.8, 4) is 0 Å². The van der Waals surface area contributed by atoms with Gasteiger partial charge in [-0.3, -0.25) is 4.79 Å². The molecule has 0 bridgehead atoms. The smallest absolute Gasteiger partial charge is 0.226 e. The van der Waals surface area contributed by atoms with E-state index in [-0.39, 0.29) is 5.91 Å². The van der Waals surface area contributed by atoms with Gasteiger partial charge in [0.05, 0.1) is 0 Å². The largest absolute Gasteiger partial charge is 0.371 e. The number of para-hydroxylation sites is 1. The zero-order chi connectivity index (χ0) is 19.3. The van der Waals surface area contributed by atoms with Crippen molar-refractivity contribution in [1.82, 2.24) is 4.90 Å². The van der Waals surface area contributed by atoms with Crippen molar-refractivity contribution in [1.29, 1.82) is 0 Å². The van der Waals surface area contributed by atoms with Crippen LogP contribution in [0.15, 0.2) is 48.5 Å². The molecular formula is C23H30N4O. The molecule has 28 heavy (non-hydrogen) atoms. The Morgan fingerprint density at radius 2 is 1.71 bits per heavy atom. The van der Waals surface area contributed by atoms with Gasteiger partial charge in [0.25, 0.3) is 0 Å². The first kappa shape index (κ1) is 18.8. The second-order valence-corrected chi connectivity index (χ2v) is 7.85. The summed E-state index contributed by atoms with van der Waals surface area (Å²) in [7, 11) is 2.17. The van der Waals surface area contributed by atoms with Crippen molar-refractivity contribution in [2.24, 2.45) is 0 Å². The molecule has 2 aromatic carbocycles. The summed E-state index contributed by atoms with van der Waals surface area (Å²) in [4.78, 5) is 19.5. The minimum atomic E-state index is 0.0791. The van der Waals surface area contributed by atoms with E-state index in [1.807, 2.05) is 12.1 Å². The van der Waals surface area contributed by atoms with Crippen molar-refractivity contribution in [2.45, 2.75) is 19.3 Å². The first-order valence-electron chi connectivity index (χ1n) is 10.4. The van der Waals surface area contributed by atoms with Crippen LogP contribution < -0.4 is 15.1 Å². The zero-order valence-corrected chi connectivity index (χ0v) is 16.7. The van der Waals surface area contributed by atoms with Crippen LogP contribution in [0.25, 0.3) is 0 Å². The maximum Gasteiger partial charge on any atom is 0.226 e. The Morgan fingerprint density at radius 1 is 0.964 bits per heavy atom. The van der Waals surface area contributed by atoms with E-state index in [1.165, 1.54) is 16.9 Å². The van der Waals surface area contributed by atoms with Crippen LogP contribution in [0.1, 0.15) is 18.4 Å². The van der Waals surface area contributed by atoms with Crippen LogP contribution in [0.5, 0.6) is 0 Å². The van der Waals surface area contributed by atoms with Gasteiger partial charge in [-0.15, -0.1) is 0 Å². The lowest BCUT2D eigenvalue weighted by Crippen LogP contribution is -2.44. The minimum absolute atomic E-state index is 0.0791. The number of hydrogen-bond donors (Lipinski definition) is 1. The molecule has 0 aliphatic carbocycles. The molecule has 1 fully saturated rings. The number of nitrogens with one attached hydrogen (secondary N) is 1. The number of aryl methyl sites for hydroxylation is 1. The summed E-state index contributed by atoms with van der Waals surface area (Å²) in [6.45, 7) is 6.10. The summed E-state index contributed by atoms with van der Waals surface area (Å²) in [5.41, 5.74) is 4.80. The normalized spacial score (nSPS) is 17.3. The highest BCUT2D eigenvalue weighted by Gasteiger charge is 2.17. The molecule has 0 aromatic heterocycles. The Kier molecular flexibility index (Phi) is 5.81. The van der Waals surface area contributed by atoms with E-state index in [1.54, 1.807) is 0 Å². The number of rotatable bonds is 5. The van der Waals surface area contributed by atoms with Crippen LogP contribution in [-0.2, 0) is 11.2 Å². The number of fused-ring (bicyclic) bond motifs is 1. The molecule has 0 unspecified atom stereocenters. The third kappa shape index (κ3) is 4.47. The summed E-state index contributed by atoms with van der Waals surface area (Å²) < 4.78 is 0. The van der Waals surface area contributed by atoms with Crippen LogP contribution in [0.3, 0.4) is 0 Å². The molecule has 0 spiro atoms. The molecule has 1 amide bonds. The van der Waals surface area contributed by atoms with E-state index in [4.69, 9.17) is 0 Å². The van der Waals surface area contributed by atoms with E-state index >= 15 is 0 Å². The second kappa shape index (κ2) is 8.65. The van der Waals surface area contributed by atoms with E-state index in [0.717, 1.165) is 57.8 Å². The van der Waals surface area contributed by atoms with Gasteiger partial charge in [-0.25, -0.2) is 0 Å². The van der Waals surface area contributed by atoms with Gasteiger partial charge in [0, 0.05) is 62.8 Å². The number of piperazine rings is 1. The number of anilines is 3. The molecule has 5 nitrogen and oxygen atoms in total. The first-order valence-corrected chi connectivity index (χ1v) is 10.4. The summed E-state index contributed by atoms with van der Waals surface area (Å²) >= 11 is 0. The summed E-state index contributed by atoms with van der Waals surface area (Å²) in [6.07, 6.45) is 2.81. The van der Waals surface area contributed by atoms with E-state index in [9.17, 15) is 4.79 Å². The van der Waals surface area contributed by atoms with Crippen LogP contribution in [-0.4, -0.2) is 57.1 Å². The van der Waals surface area contributed by atoms with Crippen molar-refractivity contribution in [3.05, 3.63) is 54.1 Å². The highest BCUT2D eigenvalue weighted by Crippen LogP contribution is 2.26. The molecule has 5 heteroatoms. The third-order valence-electron chi connectivity index (χ3n) is 5.83. The molecule has 4 rings (SSSR count). The third-order valence-corrected chi connectivity index (χ3v) is 5.83. The maximum atomic E-state index is 12.4. The molecule has 0 radical (unpaired) electrons. The van der Waals surface area contributed by atoms with Gasteiger partial charge in [-0.05, 0) is 55.8 Å². The minimum Gasteiger partial charge on any atom is -0.371 e. The quantitative estimate of drug-likeness (QED) is 0.867. The molecule has 2 aromatic rings. The van der Waals surface area contributed by atoms with E-state index in [2.05, 4.69) is 63.5 Å². The molecule has 0 atom stereocenters. The van der Waals surface area contributed by atoms with Gasteiger partial charge < -0.3 is 20.0 Å². The lowest BCUT2D eigenvalue weighted by Gasteiger charge is -2.34. The lowest BCUT2D eigenvalue weighted by atomic mass is 10.0. The number of amides is 1. The highest BCUT2D eigenvalue weighted by molar-refractivity contribution is 5.91. The average molecular weight is 379 g/mol. The number of benzene rings is 2. The molecule has 2 aliphatic rings. The molecular weight excluding hydrogens is 348 g/mol. The number of hydrogen-bond acceptors (Lipinski definition) is 4. The highest BCUT2D eigenvalue weighted by atomic mass is 16.1. The van der Waals surface area contributed by atoms with Gasteiger partial charge in [0.2, 0.25) is 5.91 Å². The fraction of sp³-hybridized carbons (Fsp3) is 0.435. The van der Waals surface area contributed by atoms with Crippen LogP contribution in [0, 0.1) is 0 Å². The van der Waals surface area contributed by atoms with Gasteiger partial charge >= 0.3 is 0 Å². The van der Waals surface area contributed by atoms with E-state index < -0.39 is 0 Å². The number of carbonyl (C=O) groups is 1. The van der Waals surface area contributed by atoms with Crippen molar-refractivity contribution >= 4 is 23.0 Å². The van der Waals surface area contributed by atoms with Gasteiger partial charge in [0.1, 0.15) is 0 Å². The SMILES string of the molecule is CN1CCN(c2ccc(NC(=O)CCN3CCCc4ccccc43)cc2)CC1. The summed E-state index contributed by atoms with van der Waals surface area (Å²) in [6, 6.07) is 16.8. The maximum absolute atomic E-state index is 12.4. The molecule has 2 aliphatic heterocycles. The molecule has 148 valence electrons. The van der Waals surface area contributed by atoms with Crippen molar-refractivity contribution < 1.29 is 4.79 Å². The standard InChI is InChI=1S/C23H30N4O/c1-25-15-17-26(18-16-25)21-10-8-20(9-11-21)24-23(28)12-14-27-13-4-6-19-5-2-3-7-22(19)27/h2-3,5,7-11H,4,6,12-18H2,1H3,(H,24,28). The Labute approximate surface area is 167 Å². The molecule has 0 saturated carbocycles. The fourth-order valence-electron chi connectivity index (χ4n) is 4.12. The number of nitrogens with zero attached hydrogens (tertiary/aromatic N) is 3. The Morgan fingerprint density at radius 3 is 2.50 bits per heavy atom. The van der Waals surface area contributed by atoms with Crippen molar-refractivity contribution in [3.63, 3.8) is 0 Å².